The van der Waals surface area contributed by atoms with E-state index in [1.54, 1.807) is 0 Å². The summed E-state index contributed by atoms with van der Waals surface area (Å²) in [6.07, 6.45) is 1.41. The van der Waals surface area contributed by atoms with E-state index in [1.165, 1.54) is 11.5 Å². The highest BCUT2D eigenvalue weighted by molar-refractivity contribution is 9.10. The second-order valence-corrected chi connectivity index (χ2v) is 5.88. The third-order valence-corrected chi connectivity index (χ3v) is 4.22. The van der Waals surface area contributed by atoms with Gasteiger partial charge < -0.3 is 10.1 Å². The van der Waals surface area contributed by atoms with Gasteiger partial charge in [-0.05, 0) is 42.6 Å². The lowest BCUT2D eigenvalue weighted by Crippen LogP contribution is -2.27. The zero-order chi connectivity index (χ0) is 12.5. The Kier molecular flexibility index (Phi) is 3.32. The van der Waals surface area contributed by atoms with E-state index in [-0.39, 0.29) is 12.0 Å². The highest BCUT2D eigenvalue weighted by Gasteiger charge is 2.24. The summed E-state index contributed by atoms with van der Waals surface area (Å²) in [4.78, 5) is 12.0. The minimum absolute atomic E-state index is 0.0975. The van der Waals surface area contributed by atoms with Crippen molar-refractivity contribution in [2.75, 3.05) is 11.9 Å². The molecular weight excluding hydrogens is 316 g/mol. The number of rotatable bonds is 2. The quantitative estimate of drug-likeness (QED) is 0.922. The molecule has 1 aromatic heterocycles. The predicted molar refractivity (Wildman–Crippen MR) is 74.9 cm³/mol. The first kappa shape index (κ1) is 12.1. The van der Waals surface area contributed by atoms with E-state index in [0.29, 0.717) is 12.4 Å². The molecule has 1 atom stereocenters. The second-order valence-electron chi connectivity index (χ2n) is 4.16. The molecule has 0 radical (unpaired) electrons. The maximum Gasteiger partial charge on any atom is 0.254 e. The van der Waals surface area contributed by atoms with E-state index in [2.05, 4.69) is 25.6 Å². The molecule has 4 nitrogen and oxygen atoms in total. The molecule has 6 heteroatoms. The molecule has 0 spiro atoms. The van der Waals surface area contributed by atoms with Crippen molar-refractivity contribution in [2.45, 2.75) is 18.9 Å². The van der Waals surface area contributed by atoms with E-state index < -0.39 is 0 Å². The van der Waals surface area contributed by atoms with Gasteiger partial charge in [0.1, 0.15) is 6.10 Å². The smallest absolute Gasteiger partial charge is 0.254 e. The van der Waals surface area contributed by atoms with Crippen LogP contribution in [0, 0.1) is 0 Å². The molecule has 0 saturated carbocycles. The van der Waals surface area contributed by atoms with Crippen LogP contribution in [0.3, 0.4) is 0 Å². The summed E-state index contributed by atoms with van der Waals surface area (Å²) in [5.74, 6) is 0.525. The zero-order valence-electron chi connectivity index (χ0n) is 9.48. The number of ether oxygens (including phenoxy) is 1. The molecule has 1 aliphatic rings. The topological polar surface area (TPSA) is 51.2 Å². The summed E-state index contributed by atoms with van der Waals surface area (Å²) in [5.41, 5.74) is 0. The van der Waals surface area contributed by atoms with Crippen molar-refractivity contribution in [3.63, 3.8) is 0 Å². The molecule has 1 fully saturated rings. The van der Waals surface area contributed by atoms with Gasteiger partial charge in [-0.1, -0.05) is 15.9 Å². The van der Waals surface area contributed by atoms with Gasteiger partial charge in [-0.2, -0.15) is 4.37 Å². The standard InChI is InChI=1S/C12H11BrN2O2S/c13-7-3-4-10-8(6-7)11(15-18-10)14-12(16)9-2-1-5-17-9/h3-4,6,9H,1-2,5H2,(H,14,15,16)/t9-/m1/s1. The molecule has 0 bridgehead atoms. The first-order chi connectivity index (χ1) is 8.74. The Bertz CT molecular complexity index is 593. The third-order valence-electron chi connectivity index (χ3n) is 2.90. The Morgan fingerprint density at radius 1 is 1.56 bits per heavy atom. The number of nitrogens with zero attached hydrogens (tertiary/aromatic N) is 1. The van der Waals surface area contributed by atoms with E-state index >= 15 is 0 Å². The number of aromatic nitrogens is 1. The number of hydrogen-bond acceptors (Lipinski definition) is 4. The number of benzene rings is 1. The number of amides is 1. The van der Waals surface area contributed by atoms with Crippen LogP contribution in [-0.4, -0.2) is 23.0 Å². The number of carbonyl (C=O) groups excluding carboxylic acids is 1. The molecule has 1 aliphatic heterocycles. The number of halogens is 1. The first-order valence-corrected chi connectivity index (χ1v) is 7.28. The summed E-state index contributed by atoms with van der Waals surface area (Å²) < 4.78 is 11.7. The maximum absolute atomic E-state index is 12.0. The summed E-state index contributed by atoms with van der Waals surface area (Å²) in [7, 11) is 0. The van der Waals surface area contributed by atoms with Gasteiger partial charge in [0.2, 0.25) is 0 Å². The first-order valence-electron chi connectivity index (χ1n) is 5.71. The maximum atomic E-state index is 12.0. The number of fused-ring (bicyclic) bond motifs is 1. The van der Waals surface area contributed by atoms with Gasteiger partial charge in [0.15, 0.2) is 5.82 Å². The van der Waals surface area contributed by atoms with Gasteiger partial charge in [0.25, 0.3) is 5.91 Å². The average Bonchev–Trinajstić information content (AvgIpc) is 2.99. The Morgan fingerprint density at radius 2 is 2.44 bits per heavy atom. The van der Waals surface area contributed by atoms with Crippen molar-refractivity contribution in [1.82, 2.24) is 4.37 Å². The van der Waals surface area contributed by atoms with Gasteiger partial charge in [0, 0.05) is 16.5 Å². The Hall–Kier alpha value is -0.980. The van der Waals surface area contributed by atoms with Crippen LogP contribution in [0.4, 0.5) is 5.82 Å². The molecule has 18 heavy (non-hydrogen) atoms. The zero-order valence-corrected chi connectivity index (χ0v) is 11.9. The van der Waals surface area contributed by atoms with Gasteiger partial charge in [-0.3, -0.25) is 4.79 Å². The Labute approximate surface area is 117 Å². The molecule has 1 saturated heterocycles. The molecule has 2 aromatic rings. The van der Waals surface area contributed by atoms with Crippen LogP contribution < -0.4 is 5.32 Å². The monoisotopic (exact) mass is 326 g/mol. The lowest BCUT2D eigenvalue weighted by atomic mass is 10.2. The minimum Gasteiger partial charge on any atom is -0.368 e. The number of carbonyl (C=O) groups is 1. The molecule has 94 valence electrons. The molecular formula is C12H11BrN2O2S. The van der Waals surface area contributed by atoms with Crippen molar-refractivity contribution in [2.24, 2.45) is 0 Å². The van der Waals surface area contributed by atoms with E-state index in [4.69, 9.17) is 4.74 Å². The van der Waals surface area contributed by atoms with Crippen molar-refractivity contribution in [3.05, 3.63) is 22.7 Å². The van der Waals surface area contributed by atoms with E-state index in [0.717, 1.165) is 27.4 Å². The fourth-order valence-electron chi connectivity index (χ4n) is 1.98. The summed E-state index contributed by atoms with van der Waals surface area (Å²) in [6, 6.07) is 5.91. The fourth-order valence-corrected chi connectivity index (χ4v) is 3.06. The summed E-state index contributed by atoms with van der Waals surface area (Å²) >= 11 is 4.80. The third kappa shape index (κ3) is 2.28. The Balaban J connectivity index is 1.85. The second kappa shape index (κ2) is 4.95. The largest absolute Gasteiger partial charge is 0.368 e. The van der Waals surface area contributed by atoms with Gasteiger partial charge in [-0.25, -0.2) is 0 Å². The van der Waals surface area contributed by atoms with Crippen LogP contribution in [0.2, 0.25) is 0 Å². The van der Waals surface area contributed by atoms with Crippen LogP contribution in [-0.2, 0) is 9.53 Å². The molecule has 1 aromatic carbocycles. The van der Waals surface area contributed by atoms with Crippen molar-refractivity contribution < 1.29 is 9.53 Å². The fraction of sp³-hybridized carbons (Fsp3) is 0.333. The van der Waals surface area contributed by atoms with Crippen molar-refractivity contribution in [3.8, 4) is 0 Å². The van der Waals surface area contributed by atoms with Crippen LogP contribution in [0.25, 0.3) is 10.1 Å². The lowest BCUT2D eigenvalue weighted by molar-refractivity contribution is -0.124. The molecule has 2 heterocycles. The lowest BCUT2D eigenvalue weighted by Gasteiger charge is -2.08. The highest BCUT2D eigenvalue weighted by atomic mass is 79.9. The Morgan fingerprint density at radius 3 is 3.22 bits per heavy atom. The minimum atomic E-state index is -0.325. The van der Waals surface area contributed by atoms with E-state index in [9.17, 15) is 4.79 Å². The van der Waals surface area contributed by atoms with Crippen molar-refractivity contribution in [1.29, 1.82) is 0 Å². The summed E-state index contributed by atoms with van der Waals surface area (Å²) in [6.45, 7) is 0.668. The van der Waals surface area contributed by atoms with Crippen LogP contribution in [0.5, 0.6) is 0 Å². The molecule has 0 aliphatic carbocycles. The highest BCUT2D eigenvalue weighted by Crippen LogP contribution is 2.29. The number of anilines is 1. The normalized spacial score (nSPS) is 19.3. The predicted octanol–water partition coefficient (Wildman–Crippen LogP) is 3.18. The van der Waals surface area contributed by atoms with Gasteiger partial charge in [-0.15, -0.1) is 0 Å². The van der Waals surface area contributed by atoms with Crippen LogP contribution >= 0.6 is 27.5 Å². The number of nitrogens with one attached hydrogen (secondary N) is 1. The SMILES string of the molecule is O=C(Nc1nsc2ccc(Br)cc12)[C@H]1CCCO1. The van der Waals surface area contributed by atoms with Crippen molar-refractivity contribution >= 4 is 49.3 Å². The molecule has 3 rings (SSSR count). The van der Waals surface area contributed by atoms with E-state index in [1.807, 2.05) is 18.2 Å². The molecule has 1 amide bonds. The average molecular weight is 327 g/mol. The summed E-state index contributed by atoms with van der Waals surface area (Å²) in [5, 5.41) is 3.81. The van der Waals surface area contributed by atoms with Gasteiger partial charge >= 0.3 is 0 Å². The molecule has 1 N–H and O–H groups in total. The van der Waals surface area contributed by atoms with Crippen LogP contribution in [0.1, 0.15) is 12.8 Å². The number of hydrogen-bond donors (Lipinski definition) is 1. The molecule has 0 unspecified atom stereocenters. The van der Waals surface area contributed by atoms with Gasteiger partial charge in [0.05, 0.1) is 4.70 Å². The van der Waals surface area contributed by atoms with Crippen LogP contribution in [0.15, 0.2) is 22.7 Å².